The molecular formula is C14H13ClN2O2. The van der Waals surface area contributed by atoms with E-state index in [1.54, 1.807) is 30.5 Å². The Bertz CT molecular complexity index is 703. The topological polar surface area (TPSA) is 65.1 Å². The van der Waals surface area contributed by atoms with Crippen LogP contribution in [0.3, 0.4) is 0 Å². The highest BCUT2D eigenvalue weighted by Gasteiger charge is 2.15. The smallest absolute Gasteiger partial charge is 0.254 e. The van der Waals surface area contributed by atoms with Gasteiger partial charge in [0.2, 0.25) is 0 Å². The number of pyridine rings is 1. The molecule has 0 radical (unpaired) electrons. The van der Waals surface area contributed by atoms with Gasteiger partial charge in [0, 0.05) is 28.2 Å². The zero-order chi connectivity index (χ0) is 14.2. The fraction of sp³-hybridized carbons (Fsp3) is 0.143. The van der Waals surface area contributed by atoms with Crippen molar-refractivity contribution in [3.05, 3.63) is 62.5 Å². The molecule has 0 saturated carbocycles. The van der Waals surface area contributed by atoms with Crippen LogP contribution in [0.15, 0.2) is 35.1 Å². The molecule has 1 heterocycles. The van der Waals surface area contributed by atoms with Gasteiger partial charge in [0.05, 0.1) is 0 Å². The third-order valence-electron chi connectivity index (χ3n) is 2.97. The van der Waals surface area contributed by atoms with Crippen LogP contribution < -0.4 is 11.2 Å². The Morgan fingerprint density at radius 3 is 2.32 bits per heavy atom. The third-order valence-corrected chi connectivity index (χ3v) is 3.22. The van der Waals surface area contributed by atoms with Crippen LogP contribution in [0.2, 0.25) is 5.02 Å². The van der Waals surface area contributed by atoms with Gasteiger partial charge in [-0.25, -0.2) is 0 Å². The van der Waals surface area contributed by atoms with Gasteiger partial charge in [-0.1, -0.05) is 11.6 Å². The second kappa shape index (κ2) is 4.90. The van der Waals surface area contributed by atoms with Gasteiger partial charge in [0.1, 0.15) is 5.56 Å². The second-order valence-electron chi connectivity index (χ2n) is 4.29. The summed E-state index contributed by atoms with van der Waals surface area (Å²) in [5, 5.41) is 0.621. The summed E-state index contributed by atoms with van der Waals surface area (Å²) in [6.45, 7) is 3.50. The third kappa shape index (κ3) is 2.39. The van der Waals surface area contributed by atoms with Gasteiger partial charge in [0.15, 0.2) is 5.43 Å². The molecule has 1 amide bonds. The van der Waals surface area contributed by atoms with Crippen molar-refractivity contribution in [2.75, 3.05) is 0 Å². The van der Waals surface area contributed by atoms with Crippen LogP contribution in [0, 0.1) is 13.8 Å². The summed E-state index contributed by atoms with van der Waals surface area (Å²) in [5.74, 6) is -0.717. The summed E-state index contributed by atoms with van der Waals surface area (Å²) in [7, 11) is 0. The minimum Gasteiger partial charge on any atom is -0.365 e. The molecule has 0 bridgehead atoms. The predicted molar refractivity (Wildman–Crippen MR) is 75.0 cm³/mol. The Kier molecular flexibility index (Phi) is 3.44. The van der Waals surface area contributed by atoms with Crippen molar-refractivity contribution < 1.29 is 4.79 Å². The van der Waals surface area contributed by atoms with Gasteiger partial charge < -0.3 is 10.3 Å². The number of hydrogen-bond donors (Lipinski definition) is 1. The summed E-state index contributed by atoms with van der Waals surface area (Å²) in [6, 6.07) is 8.53. The number of carbonyl (C=O) groups is 1. The van der Waals surface area contributed by atoms with Crippen LogP contribution in [0.4, 0.5) is 0 Å². The zero-order valence-corrected chi connectivity index (χ0v) is 11.4. The number of aromatic nitrogens is 1. The van der Waals surface area contributed by atoms with Crippen molar-refractivity contribution in [1.82, 2.24) is 4.57 Å². The van der Waals surface area contributed by atoms with Crippen molar-refractivity contribution in [3.8, 4) is 5.69 Å². The highest BCUT2D eigenvalue weighted by Crippen LogP contribution is 2.18. The van der Waals surface area contributed by atoms with Gasteiger partial charge >= 0.3 is 0 Å². The van der Waals surface area contributed by atoms with Crippen LogP contribution in [-0.4, -0.2) is 10.5 Å². The van der Waals surface area contributed by atoms with E-state index in [-0.39, 0.29) is 11.0 Å². The van der Waals surface area contributed by atoms with E-state index in [2.05, 4.69) is 0 Å². The zero-order valence-electron chi connectivity index (χ0n) is 10.6. The van der Waals surface area contributed by atoms with E-state index in [1.165, 1.54) is 6.07 Å². The summed E-state index contributed by atoms with van der Waals surface area (Å²) < 4.78 is 1.80. The Morgan fingerprint density at radius 1 is 1.21 bits per heavy atom. The molecule has 0 fully saturated rings. The largest absolute Gasteiger partial charge is 0.365 e. The molecule has 0 atom stereocenters. The molecule has 19 heavy (non-hydrogen) atoms. The van der Waals surface area contributed by atoms with Crippen LogP contribution in [0.5, 0.6) is 0 Å². The van der Waals surface area contributed by atoms with E-state index in [0.29, 0.717) is 10.7 Å². The maximum Gasteiger partial charge on any atom is 0.254 e. The first-order valence-corrected chi connectivity index (χ1v) is 6.08. The maximum absolute atomic E-state index is 11.8. The predicted octanol–water partition coefficient (Wildman–Crippen LogP) is 2.21. The fourth-order valence-electron chi connectivity index (χ4n) is 2.17. The molecule has 4 nitrogen and oxygen atoms in total. The van der Waals surface area contributed by atoms with Gasteiger partial charge in [0.25, 0.3) is 5.91 Å². The lowest BCUT2D eigenvalue weighted by atomic mass is 10.1. The summed E-state index contributed by atoms with van der Waals surface area (Å²) in [4.78, 5) is 23.2. The number of benzene rings is 1. The molecule has 2 rings (SSSR count). The Balaban J connectivity index is 2.77. The molecule has 0 aliphatic rings. The van der Waals surface area contributed by atoms with E-state index < -0.39 is 5.91 Å². The van der Waals surface area contributed by atoms with Crippen molar-refractivity contribution in [2.24, 2.45) is 5.73 Å². The molecule has 0 unspecified atom stereocenters. The first kappa shape index (κ1) is 13.4. The highest BCUT2D eigenvalue weighted by atomic mass is 35.5. The SMILES string of the molecule is Cc1cc(=O)c(C(N)=O)c(C)n1-c1ccc(Cl)cc1. The van der Waals surface area contributed by atoms with Gasteiger partial charge in [-0.05, 0) is 38.1 Å². The van der Waals surface area contributed by atoms with E-state index in [1.807, 2.05) is 12.1 Å². The maximum atomic E-state index is 11.8. The quantitative estimate of drug-likeness (QED) is 0.914. The highest BCUT2D eigenvalue weighted by molar-refractivity contribution is 6.30. The molecule has 2 aromatic rings. The van der Waals surface area contributed by atoms with E-state index >= 15 is 0 Å². The van der Waals surface area contributed by atoms with Gasteiger partial charge in [-0.3, -0.25) is 9.59 Å². The number of carbonyl (C=O) groups excluding carboxylic acids is 1. The van der Waals surface area contributed by atoms with Crippen molar-refractivity contribution in [3.63, 3.8) is 0 Å². The number of rotatable bonds is 2. The Morgan fingerprint density at radius 2 is 1.79 bits per heavy atom. The van der Waals surface area contributed by atoms with Crippen molar-refractivity contribution >= 4 is 17.5 Å². The Labute approximate surface area is 115 Å². The molecule has 5 heteroatoms. The molecule has 98 valence electrons. The summed E-state index contributed by atoms with van der Waals surface area (Å²) >= 11 is 5.85. The first-order chi connectivity index (χ1) is 8.91. The Hall–Kier alpha value is -2.07. The molecule has 0 aliphatic carbocycles. The van der Waals surface area contributed by atoms with Crippen molar-refractivity contribution in [1.29, 1.82) is 0 Å². The molecule has 2 N–H and O–H groups in total. The van der Waals surface area contributed by atoms with Crippen LogP contribution in [0.25, 0.3) is 5.69 Å². The normalized spacial score (nSPS) is 10.5. The number of nitrogens with two attached hydrogens (primary N) is 1. The van der Waals surface area contributed by atoms with E-state index in [9.17, 15) is 9.59 Å². The molecule has 1 aromatic heterocycles. The minimum absolute atomic E-state index is 0.0144. The number of amides is 1. The molecule has 0 spiro atoms. The number of halogens is 1. The summed E-state index contributed by atoms with van der Waals surface area (Å²) in [5.41, 5.74) is 7.00. The van der Waals surface area contributed by atoms with Crippen LogP contribution in [0.1, 0.15) is 21.7 Å². The lowest BCUT2D eigenvalue weighted by molar-refractivity contribution is 0.0998. The number of aryl methyl sites for hydroxylation is 1. The average molecular weight is 277 g/mol. The van der Waals surface area contributed by atoms with E-state index in [0.717, 1.165) is 11.4 Å². The second-order valence-corrected chi connectivity index (χ2v) is 4.72. The lowest BCUT2D eigenvalue weighted by Gasteiger charge is -2.16. The molecular weight excluding hydrogens is 264 g/mol. The molecule has 0 aliphatic heterocycles. The van der Waals surface area contributed by atoms with Gasteiger partial charge in [-0.15, -0.1) is 0 Å². The van der Waals surface area contributed by atoms with E-state index in [4.69, 9.17) is 17.3 Å². The number of nitrogens with zero attached hydrogens (tertiary/aromatic N) is 1. The average Bonchev–Trinajstić information content (AvgIpc) is 2.30. The monoisotopic (exact) mass is 276 g/mol. The number of hydrogen-bond acceptors (Lipinski definition) is 2. The molecule has 1 aromatic carbocycles. The summed E-state index contributed by atoms with van der Waals surface area (Å²) in [6.07, 6.45) is 0. The molecule has 0 saturated heterocycles. The fourth-order valence-corrected chi connectivity index (χ4v) is 2.29. The van der Waals surface area contributed by atoms with Gasteiger partial charge in [-0.2, -0.15) is 0 Å². The minimum atomic E-state index is -0.717. The first-order valence-electron chi connectivity index (χ1n) is 5.71. The lowest BCUT2D eigenvalue weighted by Crippen LogP contribution is -2.26. The number of primary amides is 1. The van der Waals surface area contributed by atoms with Crippen LogP contribution in [-0.2, 0) is 0 Å². The standard InChI is InChI=1S/C14H13ClN2O2/c1-8-7-12(18)13(14(16)19)9(2)17(8)11-5-3-10(15)4-6-11/h3-7H,1-2H3,(H2,16,19). The van der Waals surface area contributed by atoms with Crippen molar-refractivity contribution in [2.45, 2.75) is 13.8 Å². The van der Waals surface area contributed by atoms with Crippen LogP contribution >= 0.6 is 11.6 Å².